The second-order valence-electron chi connectivity index (χ2n) is 7.50. The summed E-state index contributed by atoms with van der Waals surface area (Å²) < 4.78 is 5.94. The monoisotopic (exact) mass is 416 g/mol. The molecule has 146 valence electrons. The third-order valence-electron chi connectivity index (χ3n) is 5.89. The molecule has 4 rings (SSSR count). The molecule has 0 atom stereocenters. The molecule has 4 nitrogen and oxygen atoms in total. The Bertz CT molecular complexity index is 950. The van der Waals surface area contributed by atoms with E-state index in [0.29, 0.717) is 47.4 Å². The highest BCUT2D eigenvalue weighted by atomic mass is 35.5. The number of piperidine rings is 1. The number of fused-ring (bicyclic) bond motifs is 2. The predicted molar refractivity (Wildman–Crippen MR) is 113 cm³/mol. The van der Waals surface area contributed by atoms with Gasteiger partial charge in [-0.05, 0) is 42.2 Å². The Labute approximate surface area is 174 Å². The van der Waals surface area contributed by atoms with E-state index in [4.69, 9.17) is 33.7 Å². The maximum Gasteiger partial charge on any atom is 0.253 e. The fourth-order valence-corrected chi connectivity index (χ4v) is 4.39. The van der Waals surface area contributed by atoms with Gasteiger partial charge in [0.05, 0.1) is 16.7 Å². The first-order chi connectivity index (χ1) is 13.4. The zero-order valence-electron chi connectivity index (χ0n) is 15.5. The van der Waals surface area contributed by atoms with Gasteiger partial charge in [-0.1, -0.05) is 48.0 Å². The van der Waals surface area contributed by atoms with Gasteiger partial charge in [-0.25, -0.2) is 0 Å². The molecule has 2 N–H and O–H groups in total. The van der Waals surface area contributed by atoms with E-state index in [-0.39, 0.29) is 11.3 Å². The number of hydrogen-bond acceptors (Lipinski definition) is 3. The first-order valence-electron chi connectivity index (χ1n) is 9.33. The Morgan fingerprint density at radius 3 is 2.57 bits per heavy atom. The lowest BCUT2D eigenvalue weighted by atomic mass is 9.74. The summed E-state index contributed by atoms with van der Waals surface area (Å²) in [7, 11) is 0. The largest absolute Gasteiger partial charge is 0.492 e. The molecule has 1 spiro atoms. The van der Waals surface area contributed by atoms with Crippen LogP contribution in [0.2, 0.25) is 10.0 Å². The Kier molecular flexibility index (Phi) is 5.13. The molecule has 1 amide bonds. The van der Waals surface area contributed by atoms with E-state index in [2.05, 4.69) is 12.6 Å². The van der Waals surface area contributed by atoms with Gasteiger partial charge in [0.15, 0.2) is 0 Å². The zero-order chi connectivity index (χ0) is 19.9. The molecule has 0 aromatic heterocycles. The number of nitrogens with zero attached hydrogens (tertiary/aromatic N) is 1. The van der Waals surface area contributed by atoms with E-state index in [1.54, 1.807) is 18.2 Å². The van der Waals surface area contributed by atoms with Crippen molar-refractivity contribution < 1.29 is 9.53 Å². The van der Waals surface area contributed by atoms with Gasteiger partial charge in [-0.15, -0.1) is 0 Å². The second kappa shape index (κ2) is 7.43. The third kappa shape index (κ3) is 3.30. The molecular formula is C22H22Cl2N2O2. The van der Waals surface area contributed by atoms with Gasteiger partial charge in [0.1, 0.15) is 5.75 Å². The quantitative estimate of drug-likeness (QED) is 0.753. The summed E-state index contributed by atoms with van der Waals surface area (Å²) in [6.07, 6.45) is 1.71. The summed E-state index contributed by atoms with van der Waals surface area (Å²) in [6.45, 7) is 6.48. The fourth-order valence-electron chi connectivity index (χ4n) is 4.09. The minimum Gasteiger partial charge on any atom is -0.492 e. The molecule has 2 aromatic carbocycles. The van der Waals surface area contributed by atoms with Crippen LogP contribution >= 0.6 is 23.2 Å². The van der Waals surface area contributed by atoms with Gasteiger partial charge in [-0.2, -0.15) is 0 Å². The molecule has 0 saturated carbocycles. The van der Waals surface area contributed by atoms with Crippen LogP contribution in [0.5, 0.6) is 5.75 Å². The summed E-state index contributed by atoms with van der Waals surface area (Å²) in [5.41, 5.74) is 9.24. The molecule has 2 heterocycles. The van der Waals surface area contributed by atoms with Crippen LogP contribution in [0.25, 0.3) is 5.57 Å². The molecule has 1 saturated heterocycles. The molecular weight excluding hydrogens is 395 g/mol. The van der Waals surface area contributed by atoms with E-state index in [0.717, 1.165) is 24.2 Å². The van der Waals surface area contributed by atoms with Crippen LogP contribution in [0.1, 0.15) is 29.5 Å². The van der Waals surface area contributed by atoms with E-state index in [1.807, 2.05) is 17.0 Å². The van der Waals surface area contributed by atoms with Gasteiger partial charge in [-0.3, -0.25) is 4.79 Å². The number of likely N-dealkylation sites (tertiary alicyclic amines) is 1. The summed E-state index contributed by atoms with van der Waals surface area (Å²) in [5, 5.41) is 0.878. The van der Waals surface area contributed by atoms with Crippen molar-refractivity contribution in [3.63, 3.8) is 0 Å². The highest BCUT2D eigenvalue weighted by Crippen LogP contribution is 2.46. The molecule has 0 unspecified atom stereocenters. The van der Waals surface area contributed by atoms with Crippen LogP contribution in [0.3, 0.4) is 0 Å². The van der Waals surface area contributed by atoms with E-state index < -0.39 is 0 Å². The first-order valence-corrected chi connectivity index (χ1v) is 10.1. The molecule has 28 heavy (non-hydrogen) atoms. The Balaban J connectivity index is 1.48. The summed E-state index contributed by atoms with van der Waals surface area (Å²) in [6, 6.07) is 11.3. The number of rotatable bonds is 3. The van der Waals surface area contributed by atoms with Crippen LogP contribution in [-0.4, -0.2) is 30.5 Å². The number of carbonyl (C=O) groups excluding carboxylic acids is 1. The van der Waals surface area contributed by atoms with Crippen molar-refractivity contribution in [1.29, 1.82) is 0 Å². The molecule has 6 heteroatoms. The predicted octanol–water partition coefficient (Wildman–Crippen LogP) is 4.42. The molecule has 0 bridgehead atoms. The van der Waals surface area contributed by atoms with Crippen molar-refractivity contribution in [3.8, 4) is 5.75 Å². The average Bonchev–Trinajstić information content (AvgIpc) is 3.07. The standard InChI is InChI=1S/C22H22Cl2N2O2/c1-14(16-3-4-18(23)19(24)11-16)21(27)26-8-6-22(7-9-26)13-28-20-5-2-15(12-25)10-17(20)22/h2-5,10-11H,1,6-9,12-13,25H2. The number of halogens is 2. The summed E-state index contributed by atoms with van der Waals surface area (Å²) in [5.74, 6) is 0.875. The fraction of sp³-hybridized carbons (Fsp3) is 0.318. The normalized spacial score (nSPS) is 17.3. The minimum atomic E-state index is -0.0666. The van der Waals surface area contributed by atoms with Crippen molar-refractivity contribution in [1.82, 2.24) is 4.90 Å². The topological polar surface area (TPSA) is 55.6 Å². The molecule has 2 aliphatic rings. The highest BCUT2D eigenvalue weighted by Gasteiger charge is 2.44. The van der Waals surface area contributed by atoms with Crippen LogP contribution in [0, 0.1) is 0 Å². The Morgan fingerprint density at radius 1 is 1.14 bits per heavy atom. The number of nitrogens with two attached hydrogens (primary N) is 1. The van der Waals surface area contributed by atoms with Gasteiger partial charge in [0.25, 0.3) is 5.91 Å². The lowest BCUT2D eigenvalue weighted by Crippen LogP contribution is -2.46. The maximum atomic E-state index is 12.9. The number of ether oxygens (including phenoxy) is 1. The lowest BCUT2D eigenvalue weighted by molar-refractivity contribution is -0.126. The first kappa shape index (κ1) is 19.3. The van der Waals surface area contributed by atoms with Crippen molar-refractivity contribution in [2.45, 2.75) is 24.8 Å². The van der Waals surface area contributed by atoms with Gasteiger partial charge < -0.3 is 15.4 Å². The number of benzene rings is 2. The van der Waals surface area contributed by atoms with Gasteiger partial charge >= 0.3 is 0 Å². The highest BCUT2D eigenvalue weighted by molar-refractivity contribution is 6.42. The van der Waals surface area contributed by atoms with Crippen LogP contribution in [0.15, 0.2) is 43.0 Å². The van der Waals surface area contributed by atoms with Crippen molar-refractivity contribution in [2.75, 3.05) is 19.7 Å². The third-order valence-corrected chi connectivity index (χ3v) is 6.63. The number of amides is 1. The Hall–Kier alpha value is -2.01. The number of carbonyl (C=O) groups is 1. The van der Waals surface area contributed by atoms with E-state index in [1.165, 1.54) is 5.56 Å². The smallest absolute Gasteiger partial charge is 0.253 e. The van der Waals surface area contributed by atoms with Crippen molar-refractivity contribution >= 4 is 34.7 Å². The lowest BCUT2D eigenvalue weighted by Gasteiger charge is -2.39. The summed E-state index contributed by atoms with van der Waals surface area (Å²) in [4.78, 5) is 14.8. The summed E-state index contributed by atoms with van der Waals surface area (Å²) >= 11 is 12.1. The molecule has 1 fully saturated rings. The zero-order valence-corrected chi connectivity index (χ0v) is 17.0. The average molecular weight is 417 g/mol. The molecule has 0 aliphatic carbocycles. The van der Waals surface area contributed by atoms with Gasteiger partial charge in [0, 0.05) is 36.2 Å². The number of hydrogen-bond donors (Lipinski definition) is 1. The molecule has 0 radical (unpaired) electrons. The Morgan fingerprint density at radius 2 is 1.89 bits per heavy atom. The van der Waals surface area contributed by atoms with Crippen LogP contribution < -0.4 is 10.5 Å². The molecule has 2 aromatic rings. The van der Waals surface area contributed by atoms with E-state index in [9.17, 15) is 4.79 Å². The molecule has 2 aliphatic heterocycles. The van der Waals surface area contributed by atoms with Crippen LogP contribution in [0.4, 0.5) is 0 Å². The minimum absolute atomic E-state index is 0.0395. The van der Waals surface area contributed by atoms with Crippen molar-refractivity contribution in [2.24, 2.45) is 5.73 Å². The van der Waals surface area contributed by atoms with Crippen molar-refractivity contribution in [3.05, 3.63) is 69.7 Å². The van der Waals surface area contributed by atoms with Crippen LogP contribution in [-0.2, 0) is 16.8 Å². The maximum absolute atomic E-state index is 12.9. The van der Waals surface area contributed by atoms with Gasteiger partial charge in [0.2, 0.25) is 0 Å². The SMILES string of the molecule is C=C(C(=O)N1CCC2(CC1)COc1ccc(CN)cc12)c1ccc(Cl)c(Cl)c1. The van der Waals surface area contributed by atoms with E-state index >= 15 is 0 Å². The second-order valence-corrected chi connectivity index (χ2v) is 8.32.